The number of anilines is 2. The van der Waals surface area contributed by atoms with E-state index in [9.17, 15) is 4.79 Å². The molecule has 1 fully saturated rings. The Balaban J connectivity index is 0.00000240. The minimum atomic E-state index is -0.0997. The van der Waals surface area contributed by atoms with Crippen LogP contribution in [-0.2, 0) is 4.74 Å². The molecule has 0 atom stereocenters. The molecule has 0 bridgehead atoms. The van der Waals surface area contributed by atoms with Crippen molar-refractivity contribution in [3.63, 3.8) is 0 Å². The Morgan fingerprint density at radius 2 is 2.07 bits per heavy atom. The van der Waals surface area contributed by atoms with Gasteiger partial charge in [0.05, 0.1) is 11.7 Å². The van der Waals surface area contributed by atoms with Gasteiger partial charge in [-0.15, -0.1) is 12.4 Å². The van der Waals surface area contributed by atoms with Crippen molar-refractivity contribution in [1.29, 1.82) is 0 Å². The Bertz CT molecular complexity index is 1000. The Morgan fingerprint density at radius 3 is 2.83 bits per heavy atom. The second kappa shape index (κ2) is 9.61. The van der Waals surface area contributed by atoms with E-state index in [1.165, 1.54) is 0 Å². The topological polar surface area (TPSA) is 67.7 Å². The first-order valence-corrected chi connectivity index (χ1v) is 10.3. The van der Waals surface area contributed by atoms with E-state index in [2.05, 4.69) is 31.5 Å². The van der Waals surface area contributed by atoms with Crippen molar-refractivity contribution in [3.8, 4) is 0 Å². The van der Waals surface area contributed by atoms with Gasteiger partial charge in [0.1, 0.15) is 5.69 Å². The summed E-state index contributed by atoms with van der Waals surface area (Å²) in [5, 5.41) is 6.42. The molecule has 1 aromatic carbocycles. The lowest BCUT2D eigenvalue weighted by atomic mass is 10.0. The Kier molecular flexibility index (Phi) is 7.16. The molecule has 29 heavy (non-hydrogen) atoms. The molecule has 1 amide bonds. The maximum atomic E-state index is 12.8. The van der Waals surface area contributed by atoms with Gasteiger partial charge in [-0.25, -0.2) is 4.98 Å². The highest BCUT2D eigenvalue weighted by Gasteiger charge is 2.18. The monoisotopic (exact) mass is 478 g/mol. The molecule has 1 saturated heterocycles. The molecule has 8 heteroatoms. The number of nitrogens with zero attached hydrogens (tertiary/aromatic N) is 2. The molecule has 1 aliphatic heterocycles. The zero-order valence-electron chi connectivity index (χ0n) is 16.2. The SMILES string of the molecule is Cc1ccc2c(Nc3cccc(Br)c3)ncc(C(=O)NCC3CCOCC3)n12.Cl. The summed E-state index contributed by atoms with van der Waals surface area (Å²) in [6.45, 7) is 4.21. The van der Waals surface area contributed by atoms with Crippen molar-refractivity contribution in [2.24, 2.45) is 5.92 Å². The third kappa shape index (κ3) is 4.91. The van der Waals surface area contributed by atoms with Crippen LogP contribution in [0.25, 0.3) is 5.52 Å². The summed E-state index contributed by atoms with van der Waals surface area (Å²) in [7, 11) is 0. The summed E-state index contributed by atoms with van der Waals surface area (Å²) in [5.41, 5.74) is 3.34. The lowest BCUT2D eigenvalue weighted by molar-refractivity contribution is 0.0642. The van der Waals surface area contributed by atoms with Gasteiger partial charge in [-0.1, -0.05) is 22.0 Å². The standard InChI is InChI=1S/C21H23BrN4O2.ClH/c1-14-5-6-18-20(25-17-4-2-3-16(22)11-17)23-13-19(26(14)18)21(27)24-12-15-7-9-28-10-8-15;/h2-6,11,13,15H,7-10,12H2,1H3,(H,23,25)(H,24,27);1H. The van der Waals surface area contributed by atoms with Crippen LogP contribution < -0.4 is 10.6 Å². The molecule has 0 unspecified atom stereocenters. The number of carbonyl (C=O) groups excluding carboxylic acids is 1. The maximum absolute atomic E-state index is 12.8. The molecule has 0 aliphatic carbocycles. The molecule has 4 rings (SSSR count). The second-order valence-corrected chi connectivity index (χ2v) is 8.00. The van der Waals surface area contributed by atoms with Crippen LogP contribution in [0.3, 0.4) is 0 Å². The molecule has 0 spiro atoms. The van der Waals surface area contributed by atoms with E-state index in [0.29, 0.717) is 24.0 Å². The number of ether oxygens (including phenoxy) is 1. The van der Waals surface area contributed by atoms with Gasteiger partial charge in [0.2, 0.25) is 0 Å². The fourth-order valence-electron chi connectivity index (χ4n) is 3.53. The molecule has 3 heterocycles. The van der Waals surface area contributed by atoms with E-state index in [0.717, 1.165) is 47.4 Å². The van der Waals surface area contributed by atoms with Gasteiger partial charge in [0.15, 0.2) is 5.82 Å². The second-order valence-electron chi connectivity index (χ2n) is 7.09. The first-order valence-electron chi connectivity index (χ1n) is 9.47. The van der Waals surface area contributed by atoms with E-state index in [4.69, 9.17) is 4.74 Å². The molecule has 2 N–H and O–H groups in total. The fourth-order valence-corrected chi connectivity index (χ4v) is 3.93. The van der Waals surface area contributed by atoms with Gasteiger partial charge in [-0.2, -0.15) is 0 Å². The number of benzene rings is 1. The first-order chi connectivity index (χ1) is 13.6. The summed E-state index contributed by atoms with van der Waals surface area (Å²) in [6.07, 6.45) is 3.62. The lowest BCUT2D eigenvalue weighted by Gasteiger charge is -2.22. The highest BCUT2D eigenvalue weighted by atomic mass is 79.9. The maximum Gasteiger partial charge on any atom is 0.269 e. The predicted octanol–water partition coefficient (Wildman–Crippen LogP) is 4.73. The van der Waals surface area contributed by atoms with Crippen LogP contribution in [0.2, 0.25) is 0 Å². The Labute approximate surface area is 184 Å². The number of rotatable bonds is 5. The highest BCUT2D eigenvalue weighted by Crippen LogP contribution is 2.25. The van der Waals surface area contributed by atoms with E-state index < -0.39 is 0 Å². The predicted molar refractivity (Wildman–Crippen MR) is 120 cm³/mol. The van der Waals surface area contributed by atoms with Gasteiger partial charge in [-0.3, -0.25) is 4.79 Å². The quantitative estimate of drug-likeness (QED) is 0.555. The lowest BCUT2D eigenvalue weighted by Crippen LogP contribution is -2.33. The molecule has 3 aromatic rings. The van der Waals surface area contributed by atoms with Gasteiger partial charge in [-0.05, 0) is 56.0 Å². The van der Waals surface area contributed by atoms with Crippen LogP contribution in [0.5, 0.6) is 0 Å². The molecule has 0 radical (unpaired) electrons. The van der Waals surface area contributed by atoms with Crippen LogP contribution in [0, 0.1) is 12.8 Å². The summed E-state index contributed by atoms with van der Waals surface area (Å²) >= 11 is 3.48. The van der Waals surface area contributed by atoms with Crippen molar-refractivity contribution in [1.82, 2.24) is 14.7 Å². The van der Waals surface area contributed by atoms with Crippen LogP contribution >= 0.6 is 28.3 Å². The average molecular weight is 480 g/mol. The van der Waals surface area contributed by atoms with E-state index >= 15 is 0 Å². The summed E-state index contributed by atoms with van der Waals surface area (Å²) in [5.74, 6) is 1.09. The number of aryl methyl sites for hydroxylation is 1. The third-order valence-corrected chi connectivity index (χ3v) is 5.58. The summed E-state index contributed by atoms with van der Waals surface area (Å²) < 4.78 is 8.33. The zero-order valence-corrected chi connectivity index (χ0v) is 18.6. The number of halogens is 2. The minimum absolute atomic E-state index is 0. The van der Waals surface area contributed by atoms with Crippen LogP contribution in [0.1, 0.15) is 29.0 Å². The molecule has 154 valence electrons. The van der Waals surface area contributed by atoms with E-state index in [-0.39, 0.29) is 18.3 Å². The summed E-state index contributed by atoms with van der Waals surface area (Å²) in [6, 6.07) is 11.9. The number of carbonyl (C=O) groups is 1. The molecular weight excluding hydrogens is 456 g/mol. The number of amides is 1. The smallest absolute Gasteiger partial charge is 0.269 e. The number of hydrogen-bond acceptors (Lipinski definition) is 4. The Morgan fingerprint density at radius 1 is 1.28 bits per heavy atom. The highest BCUT2D eigenvalue weighted by molar-refractivity contribution is 9.10. The van der Waals surface area contributed by atoms with Crippen molar-refractivity contribution in [2.45, 2.75) is 19.8 Å². The number of fused-ring (bicyclic) bond motifs is 1. The largest absolute Gasteiger partial charge is 0.381 e. The van der Waals surface area contributed by atoms with E-state index in [1.807, 2.05) is 47.7 Å². The van der Waals surface area contributed by atoms with Gasteiger partial charge < -0.3 is 19.8 Å². The molecule has 0 saturated carbocycles. The molecular formula is C21H24BrClN4O2. The fraction of sp³-hybridized carbons (Fsp3) is 0.333. The van der Waals surface area contributed by atoms with Crippen molar-refractivity contribution >= 4 is 51.3 Å². The number of nitrogens with one attached hydrogen (secondary N) is 2. The van der Waals surface area contributed by atoms with E-state index in [1.54, 1.807) is 6.20 Å². The van der Waals surface area contributed by atoms with Crippen LogP contribution in [0.4, 0.5) is 11.5 Å². The molecule has 6 nitrogen and oxygen atoms in total. The zero-order chi connectivity index (χ0) is 19.5. The molecule has 2 aromatic heterocycles. The molecule has 1 aliphatic rings. The third-order valence-electron chi connectivity index (χ3n) is 5.09. The average Bonchev–Trinajstić information content (AvgIpc) is 3.10. The van der Waals surface area contributed by atoms with Crippen molar-refractivity contribution in [3.05, 3.63) is 58.5 Å². The minimum Gasteiger partial charge on any atom is -0.381 e. The van der Waals surface area contributed by atoms with Gasteiger partial charge in [0.25, 0.3) is 5.91 Å². The number of hydrogen-bond donors (Lipinski definition) is 2. The normalized spacial score (nSPS) is 14.4. The number of aromatic nitrogens is 2. The van der Waals surface area contributed by atoms with Crippen molar-refractivity contribution < 1.29 is 9.53 Å². The van der Waals surface area contributed by atoms with Crippen molar-refractivity contribution in [2.75, 3.05) is 25.1 Å². The van der Waals surface area contributed by atoms with Crippen LogP contribution in [-0.4, -0.2) is 35.1 Å². The summed E-state index contributed by atoms with van der Waals surface area (Å²) in [4.78, 5) is 17.4. The van der Waals surface area contributed by atoms with Crippen LogP contribution in [0.15, 0.2) is 47.1 Å². The van der Waals surface area contributed by atoms with Gasteiger partial charge in [0, 0.05) is 35.6 Å². The van der Waals surface area contributed by atoms with Gasteiger partial charge >= 0.3 is 0 Å². The Hall–Kier alpha value is -2.09. The first kappa shape index (κ1) is 21.6.